The molecule has 0 N–H and O–H groups in total. The number of esters is 1. The smallest absolute Gasteiger partial charge is 0.324 e. The molecule has 1 rings (SSSR count). The molecule has 23 heavy (non-hydrogen) atoms. The molecular weight excluding hydrogens is 292 g/mol. The Morgan fingerprint density at radius 1 is 1.04 bits per heavy atom. The van der Waals surface area contributed by atoms with Crippen molar-refractivity contribution in [3.05, 3.63) is 0 Å². The van der Waals surface area contributed by atoms with E-state index in [9.17, 15) is 9.59 Å². The number of carbonyl (C=O) groups excluding carboxylic acids is 2. The fraction of sp³-hybridized carbons (Fsp3) is 0.889. The average molecular weight is 326 g/mol. The zero-order chi connectivity index (χ0) is 17.8. The summed E-state index contributed by atoms with van der Waals surface area (Å²) >= 11 is 0. The third-order valence-corrected chi connectivity index (χ3v) is 4.15. The average Bonchev–Trinajstić information content (AvgIpc) is 2.41. The molecule has 1 atom stereocenters. The van der Waals surface area contributed by atoms with Crippen LogP contribution in [0.15, 0.2) is 0 Å². The maximum Gasteiger partial charge on any atom is 0.324 e. The Hall–Kier alpha value is -1.10. The topological polar surface area (TPSA) is 49.9 Å². The Balaban J connectivity index is 2.73. The summed E-state index contributed by atoms with van der Waals surface area (Å²) in [7, 11) is 1.42. The van der Waals surface area contributed by atoms with Crippen LogP contribution in [-0.4, -0.2) is 61.0 Å². The molecule has 0 aromatic heterocycles. The first kappa shape index (κ1) is 19.9. The van der Waals surface area contributed by atoms with E-state index in [0.717, 1.165) is 19.5 Å². The lowest BCUT2D eigenvalue weighted by Crippen LogP contribution is -2.58. The third kappa shape index (κ3) is 6.90. The van der Waals surface area contributed by atoms with Crippen LogP contribution in [0.2, 0.25) is 0 Å². The molecule has 134 valence electrons. The molecule has 0 bridgehead atoms. The van der Waals surface area contributed by atoms with Crippen LogP contribution in [-0.2, 0) is 14.3 Å². The summed E-state index contributed by atoms with van der Waals surface area (Å²) in [5.41, 5.74) is 0.182. The van der Waals surface area contributed by atoms with E-state index >= 15 is 0 Å². The van der Waals surface area contributed by atoms with Gasteiger partial charge < -0.3 is 9.64 Å². The summed E-state index contributed by atoms with van der Waals surface area (Å²) in [6.45, 7) is 15.5. The van der Waals surface area contributed by atoms with Crippen LogP contribution in [0, 0.1) is 10.8 Å². The summed E-state index contributed by atoms with van der Waals surface area (Å²) in [4.78, 5) is 28.6. The Labute approximate surface area is 141 Å². The first-order valence-corrected chi connectivity index (χ1v) is 8.52. The van der Waals surface area contributed by atoms with Crippen LogP contribution in [0.25, 0.3) is 0 Å². The maximum absolute atomic E-state index is 12.4. The lowest BCUT2D eigenvalue weighted by atomic mass is 9.91. The molecular formula is C18H34N2O3. The lowest BCUT2D eigenvalue weighted by Gasteiger charge is -2.41. The van der Waals surface area contributed by atoms with Gasteiger partial charge in [-0.2, -0.15) is 0 Å². The van der Waals surface area contributed by atoms with Gasteiger partial charge in [0.1, 0.15) is 6.04 Å². The van der Waals surface area contributed by atoms with E-state index in [0.29, 0.717) is 19.5 Å². The Morgan fingerprint density at radius 2 is 1.65 bits per heavy atom. The molecule has 1 aliphatic heterocycles. The molecule has 1 aliphatic rings. The second-order valence-corrected chi connectivity index (χ2v) is 8.96. The molecule has 0 saturated carbocycles. The van der Waals surface area contributed by atoms with Gasteiger partial charge in [-0.1, -0.05) is 41.5 Å². The monoisotopic (exact) mass is 326 g/mol. The standard InChI is InChI=1S/C18H34N2O3/c1-17(2,3)8-9-19-10-11-20(13-14(19)16(22)23-7)15(21)12-18(4,5)6/h14H,8-13H2,1-7H3/t14-/m1/s1. The zero-order valence-electron chi connectivity index (χ0n) is 15.9. The Bertz CT molecular complexity index is 421. The van der Waals surface area contributed by atoms with Gasteiger partial charge >= 0.3 is 5.97 Å². The van der Waals surface area contributed by atoms with Gasteiger partial charge in [-0.25, -0.2) is 0 Å². The third-order valence-electron chi connectivity index (χ3n) is 4.15. The summed E-state index contributed by atoms with van der Waals surface area (Å²) < 4.78 is 4.96. The van der Waals surface area contributed by atoms with E-state index in [1.807, 2.05) is 4.90 Å². The molecule has 0 radical (unpaired) electrons. The maximum atomic E-state index is 12.4. The van der Waals surface area contributed by atoms with Crippen molar-refractivity contribution < 1.29 is 14.3 Å². The first-order valence-electron chi connectivity index (χ1n) is 8.52. The Kier molecular flexibility index (Phi) is 6.63. The van der Waals surface area contributed by atoms with E-state index in [-0.39, 0.29) is 28.7 Å². The van der Waals surface area contributed by atoms with E-state index < -0.39 is 0 Å². The largest absolute Gasteiger partial charge is 0.468 e. The number of amides is 1. The van der Waals surface area contributed by atoms with E-state index in [2.05, 4.69) is 46.4 Å². The summed E-state index contributed by atoms with van der Waals surface area (Å²) in [6, 6.07) is -0.347. The number of nitrogens with zero attached hydrogens (tertiary/aromatic N) is 2. The van der Waals surface area contributed by atoms with Gasteiger partial charge in [-0.05, 0) is 23.8 Å². The van der Waals surface area contributed by atoms with Crippen LogP contribution in [0.5, 0.6) is 0 Å². The van der Waals surface area contributed by atoms with Crippen LogP contribution < -0.4 is 0 Å². The van der Waals surface area contributed by atoms with Gasteiger partial charge in [0.2, 0.25) is 5.91 Å². The van der Waals surface area contributed by atoms with Crippen LogP contribution >= 0.6 is 0 Å². The summed E-state index contributed by atoms with van der Waals surface area (Å²) in [5, 5.41) is 0. The highest BCUT2D eigenvalue weighted by Gasteiger charge is 2.35. The minimum absolute atomic E-state index is 0.0405. The van der Waals surface area contributed by atoms with Crippen molar-refractivity contribution in [3.8, 4) is 0 Å². The SMILES string of the molecule is COC(=O)[C@H]1CN(C(=O)CC(C)(C)C)CCN1CCC(C)(C)C. The van der Waals surface area contributed by atoms with Gasteiger partial charge in [0, 0.05) is 26.1 Å². The predicted molar refractivity (Wildman–Crippen MR) is 92.1 cm³/mol. The second kappa shape index (κ2) is 7.65. The molecule has 1 saturated heterocycles. The molecule has 0 spiro atoms. The molecule has 5 heteroatoms. The molecule has 1 amide bonds. The highest BCUT2D eigenvalue weighted by atomic mass is 16.5. The lowest BCUT2D eigenvalue weighted by molar-refractivity contribution is -0.152. The predicted octanol–water partition coefficient (Wildman–Crippen LogP) is 2.54. The van der Waals surface area contributed by atoms with Gasteiger partial charge in [-0.15, -0.1) is 0 Å². The molecule has 1 fully saturated rings. The van der Waals surface area contributed by atoms with Gasteiger partial charge in [-0.3, -0.25) is 14.5 Å². The van der Waals surface area contributed by atoms with Gasteiger partial charge in [0.05, 0.1) is 7.11 Å². The molecule has 5 nitrogen and oxygen atoms in total. The zero-order valence-corrected chi connectivity index (χ0v) is 15.9. The first-order chi connectivity index (χ1) is 10.4. The quantitative estimate of drug-likeness (QED) is 0.745. The molecule has 0 aromatic carbocycles. The fourth-order valence-corrected chi connectivity index (χ4v) is 2.72. The minimum atomic E-state index is -0.347. The van der Waals surface area contributed by atoms with E-state index in [1.165, 1.54) is 7.11 Å². The minimum Gasteiger partial charge on any atom is -0.468 e. The van der Waals surface area contributed by atoms with Crippen LogP contribution in [0.1, 0.15) is 54.4 Å². The van der Waals surface area contributed by atoms with Gasteiger partial charge in [0.25, 0.3) is 0 Å². The van der Waals surface area contributed by atoms with E-state index in [4.69, 9.17) is 4.74 Å². The molecule has 1 heterocycles. The number of hydrogen-bond acceptors (Lipinski definition) is 4. The van der Waals surface area contributed by atoms with Crippen molar-refractivity contribution in [1.29, 1.82) is 0 Å². The highest BCUT2D eigenvalue weighted by molar-refractivity contribution is 5.80. The van der Waals surface area contributed by atoms with Crippen molar-refractivity contribution >= 4 is 11.9 Å². The highest BCUT2D eigenvalue weighted by Crippen LogP contribution is 2.23. The number of hydrogen-bond donors (Lipinski definition) is 0. The van der Waals surface area contributed by atoms with Gasteiger partial charge in [0.15, 0.2) is 0 Å². The number of rotatable bonds is 4. The summed E-state index contributed by atoms with van der Waals surface area (Å²) in [5.74, 6) is -0.117. The molecule has 0 aromatic rings. The van der Waals surface area contributed by atoms with Crippen LogP contribution in [0.4, 0.5) is 0 Å². The fourth-order valence-electron chi connectivity index (χ4n) is 2.72. The number of methoxy groups -OCH3 is 1. The normalized spacial score (nSPS) is 20.5. The van der Waals surface area contributed by atoms with Crippen molar-refractivity contribution in [1.82, 2.24) is 9.80 Å². The van der Waals surface area contributed by atoms with E-state index in [1.54, 1.807) is 0 Å². The second-order valence-electron chi connectivity index (χ2n) is 8.96. The van der Waals surface area contributed by atoms with Crippen molar-refractivity contribution in [2.45, 2.75) is 60.4 Å². The number of piperazine rings is 1. The summed E-state index contributed by atoms with van der Waals surface area (Å²) in [6.07, 6.45) is 1.51. The molecule has 0 unspecified atom stereocenters. The van der Waals surface area contributed by atoms with Crippen molar-refractivity contribution in [3.63, 3.8) is 0 Å². The van der Waals surface area contributed by atoms with Crippen LogP contribution in [0.3, 0.4) is 0 Å². The Morgan fingerprint density at radius 3 is 2.13 bits per heavy atom. The molecule has 0 aliphatic carbocycles. The van der Waals surface area contributed by atoms with Crippen molar-refractivity contribution in [2.24, 2.45) is 10.8 Å². The number of ether oxygens (including phenoxy) is 1. The number of carbonyl (C=O) groups is 2. The van der Waals surface area contributed by atoms with Crippen molar-refractivity contribution in [2.75, 3.05) is 33.3 Å².